The number of pyridine rings is 1. The zero-order valence-electron chi connectivity index (χ0n) is 17.4. The third-order valence-corrected chi connectivity index (χ3v) is 5.68. The summed E-state index contributed by atoms with van der Waals surface area (Å²) >= 11 is 0. The molecular weight excluding hydrogens is 378 g/mol. The van der Waals surface area contributed by atoms with E-state index < -0.39 is 0 Å². The molecule has 4 rings (SSSR count). The molecular formula is C24H27N3O3. The fourth-order valence-electron chi connectivity index (χ4n) is 4.00. The van der Waals surface area contributed by atoms with Gasteiger partial charge in [-0.2, -0.15) is 0 Å². The molecule has 156 valence electrons. The predicted molar refractivity (Wildman–Crippen MR) is 119 cm³/mol. The maximum atomic E-state index is 12.6. The van der Waals surface area contributed by atoms with Crippen LogP contribution in [0.2, 0.25) is 0 Å². The van der Waals surface area contributed by atoms with Crippen LogP contribution in [-0.2, 0) is 11.2 Å². The van der Waals surface area contributed by atoms with Gasteiger partial charge in [0.2, 0.25) is 5.91 Å². The molecule has 0 atom stereocenters. The number of carbonyl (C=O) groups is 1. The molecule has 0 unspecified atom stereocenters. The van der Waals surface area contributed by atoms with Gasteiger partial charge in [0.15, 0.2) is 0 Å². The molecule has 0 spiro atoms. The van der Waals surface area contributed by atoms with Crippen molar-refractivity contribution in [3.8, 4) is 11.1 Å². The van der Waals surface area contributed by atoms with Crippen LogP contribution in [-0.4, -0.2) is 46.6 Å². The Morgan fingerprint density at radius 3 is 2.77 bits per heavy atom. The minimum absolute atomic E-state index is 0.0320. The van der Waals surface area contributed by atoms with Crippen molar-refractivity contribution < 1.29 is 9.90 Å². The zero-order valence-corrected chi connectivity index (χ0v) is 17.4. The lowest BCUT2D eigenvalue weighted by molar-refractivity contribution is -0.117. The molecule has 2 aliphatic heterocycles. The fraction of sp³-hybridized carbons (Fsp3) is 0.333. The molecule has 30 heavy (non-hydrogen) atoms. The van der Waals surface area contributed by atoms with E-state index >= 15 is 0 Å². The highest BCUT2D eigenvalue weighted by Crippen LogP contribution is 2.33. The Labute approximate surface area is 176 Å². The molecule has 2 aromatic rings. The molecule has 3 heterocycles. The van der Waals surface area contributed by atoms with Crippen LogP contribution in [0, 0.1) is 0 Å². The molecule has 6 heteroatoms. The van der Waals surface area contributed by atoms with Gasteiger partial charge < -0.3 is 19.9 Å². The smallest absolute Gasteiger partial charge is 0.255 e. The monoisotopic (exact) mass is 405 g/mol. The molecule has 0 fully saturated rings. The first kappa shape index (κ1) is 20.2. The molecule has 0 saturated carbocycles. The Bertz CT molecular complexity index is 1080. The summed E-state index contributed by atoms with van der Waals surface area (Å²) in [5.41, 5.74) is 5.04. The number of allylic oxidation sites excluding steroid dienone is 2. The zero-order chi connectivity index (χ0) is 21.3. The number of nitrogens with zero attached hydrogens (tertiary/aromatic N) is 2. The number of benzene rings is 1. The second kappa shape index (κ2) is 8.32. The quantitative estimate of drug-likeness (QED) is 0.775. The number of hydrogen-bond donors (Lipinski definition) is 2. The number of aromatic nitrogens is 1. The number of carbonyl (C=O) groups excluding carboxylic acids is 1. The van der Waals surface area contributed by atoms with E-state index in [0.29, 0.717) is 31.0 Å². The summed E-state index contributed by atoms with van der Waals surface area (Å²) in [6, 6.07) is 8.05. The van der Waals surface area contributed by atoms with Gasteiger partial charge in [-0.25, -0.2) is 0 Å². The van der Waals surface area contributed by atoms with E-state index in [1.165, 1.54) is 0 Å². The first-order valence-electron chi connectivity index (χ1n) is 10.4. The third kappa shape index (κ3) is 3.83. The topological polar surface area (TPSA) is 76.6 Å². The van der Waals surface area contributed by atoms with Gasteiger partial charge in [-0.15, -0.1) is 0 Å². The standard InChI is InChI=1S/C24H27N3O3/c1-16(2)26-8-3-5-18(15-26)20-12-21(24(30)25-14-20)17-6-7-22-19(11-17)13-23(29)27(22)9-4-10-28/h3,5-7,11-12,14-16,28H,4,8-10,13H2,1-2H3,(H,25,30). The Morgan fingerprint density at radius 1 is 1.17 bits per heavy atom. The van der Waals surface area contributed by atoms with Crippen LogP contribution in [0.15, 0.2) is 53.6 Å². The summed E-state index contributed by atoms with van der Waals surface area (Å²) in [6.45, 7) is 5.74. The van der Waals surface area contributed by atoms with Gasteiger partial charge in [-0.05, 0) is 55.2 Å². The number of anilines is 1. The molecule has 6 nitrogen and oxygen atoms in total. The van der Waals surface area contributed by atoms with Crippen LogP contribution in [0.3, 0.4) is 0 Å². The summed E-state index contributed by atoms with van der Waals surface area (Å²) in [4.78, 5) is 31.8. The minimum atomic E-state index is -0.152. The van der Waals surface area contributed by atoms with Gasteiger partial charge in [-0.1, -0.05) is 18.2 Å². The van der Waals surface area contributed by atoms with E-state index in [4.69, 9.17) is 5.11 Å². The highest BCUT2D eigenvalue weighted by atomic mass is 16.3. The van der Waals surface area contributed by atoms with Crippen molar-refractivity contribution in [2.45, 2.75) is 32.7 Å². The number of nitrogens with one attached hydrogen (secondary N) is 1. The van der Waals surface area contributed by atoms with Crippen molar-refractivity contribution in [2.24, 2.45) is 0 Å². The van der Waals surface area contributed by atoms with Gasteiger partial charge in [0.05, 0.1) is 6.42 Å². The summed E-state index contributed by atoms with van der Waals surface area (Å²) in [5.74, 6) is 0.0320. The highest BCUT2D eigenvalue weighted by molar-refractivity contribution is 6.02. The molecule has 2 N–H and O–H groups in total. The highest BCUT2D eigenvalue weighted by Gasteiger charge is 2.27. The van der Waals surface area contributed by atoms with Crippen molar-refractivity contribution in [2.75, 3.05) is 24.6 Å². The van der Waals surface area contributed by atoms with Crippen molar-refractivity contribution in [1.29, 1.82) is 0 Å². The number of aromatic amines is 1. The van der Waals surface area contributed by atoms with E-state index in [-0.39, 0.29) is 18.1 Å². The number of hydrogen-bond acceptors (Lipinski definition) is 4. The lowest BCUT2D eigenvalue weighted by Crippen LogP contribution is -2.28. The molecule has 0 saturated heterocycles. The number of amides is 1. The molecule has 2 aliphatic rings. The van der Waals surface area contributed by atoms with Gasteiger partial charge in [0, 0.05) is 54.9 Å². The Balaban J connectivity index is 1.68. The first-order valence-corrected chi connectivity index (χ1v) is 10.4. The maximum absolute atomic E-state index is 12.6. The van der Waals surface area contributed by atoms with Crippen LogP contribution >= 0.6 is 0 Å². The average molecular weight is 405 g/mol. The number of rotatable bonds is 6. The molecule has 1 aromatic carbocycles. The summed E-state index contributed by atoms with van der Waals surface area (Å²) in [6.07, 6.45) is 8.95. The van der Waals surface area contributed by atoms with E-state index in [0.717, 1.165) is 34.5 Å². The Hall–Kier alpha value is -3.12. The summed E-state index contributed by atoms with van der Waals surface area (Å²) in [7, 11) is 0. The van der Waals surface area contributed by atoms with Crippen LogP contribution in [0.1, 0.15) is 31.4 Å². The van der Waals surface area contributed by atoms with Crippen LogP contribution in [0.4, 0.5) is 5.69 Å². The summed E-state index contributed by atoms with van der Waals surface area (Å²) < 4.78 is 0. The van der Waals surface area contributed by atoms with Crippen LogP contribution < -0.4 is 10.5 Å². The average Bonchev–Trinajstić information content (AvgIpc) is 3.06. The van der Waals surface area contributed by atoms with Crippen LogP contribution in [0.5, 0.6) is 0 Å². The SMILES string of the molecule is CC(C)N1C=C(c2c[nH]c(=O)c(-c3ccc4c(c3)CC(=O)N4CCCO)c2)C=CC1. The second-order valence-electron chi connectivity index (χ2n) is 8.05. The number of fused-ring (bicyclic) bond motifs is 1. The van der Waals surface area contributed by atoms with Gasteiger partial charge in [0.25, 0.3) is 5.56 Å². The van der Waals surface area contributed by atoms with Gasteiger partial charge in [0.1, 0.15) is 0 Å². The number of aliphatic hydroxyl groups is 1. The number of H-pyrrole nitrogens is 1. The third-order valence-electron chi connectivity index (χ3n) is 5.68. The Morgan fingerprint density at radius 2 is 2.00 bits per heavy atom. The van der Waals surface area contributed by atoms with Crippen LogP contribution in [0.25, 0.3) is 16.7 Å². The lowest BCUT2D eigenvalue weighted by Gasteiger charge is -2.27. The largest absolute Gasteiger partial charge is 0.396 e. The van der Waals surface area contributed by atoms with Crippen molar-refractivity contribution >= 4 is 17.2 Å². The minimum Gasteiger partial charge on any atom is -0.396 e. The first-order chi connectivity index (χ1) is 14.5. The molecule has 1 aromatic heterocycles. The number of aliphatic hydroxyl groups excluding tert-OH is 1. The van der Waals surface area contributed by atoms with Gasteiger partial charge >= 0.3 is 0 Å². The maximum Gasteiger partial charge on any atom is 0.255 e. The van der Waals surface area contributed by atoms with E-state index in [2.05, 4.69) is 42.1 Å². The normalized spacial score (nSPS) is 15.7. The van der Waals surface area contributed by atoms with E-state index in [1.54, 1.807) is 11.1 Å². The lowest BCUT2D eigenvalue weighted by atomic mass is 9.99. The summed E-state index contributed by atoms with van der Waals surface area (Å²) in [5, 5.41) is 9.08. The van der Waals surface area contributed by atoms with Crippen molar-refractivity contribution in [3.63, 3.8) is 0 Å². The predicted octanol–water partition coefficient (Wildman–Crippen LogP) is 2.93. The van der Waals surface area contributed by atoms with Gasteiger partial charge in [-0.3, -0.25) is 9.59 Å². The Kier molecular flexibility index (Phi) is 5.59. The molecule has 1 amide bonds. The van der Waals surface area contributed by atoms with E-state index in [9.17, 15) is 9.59 Å². The van der Waals surface area contributed by atoms with Crippen molar-refractivity contribution in [1.82, 2.24) is 9.88 Å². The fourth-order valence-corrected chi connectivity index (χ4v) is 4.00. The molecule has 0 radical (unpaired) electrons. The molecule has 0 aliphatic carbocycles. The second-order valence-corrected chi connectivity index (χ2v) is 8.05. The van der Waals surface area contributed by atoms with E-state index in [1.807, 2.05) is 24.3 Å². The molecule has 0 bridgehead atoms. The van der Waals surface area contributed by atoms with Crippen molar-refractivity contribution in [3.05, 3.63) is 70.3 Å².